The zero-order valence-corrected chi connectivity index (χ0v) is 16.1. The van der Waals surface area contributed by atoms with E-state index in [1.807, 2.05) is 13.8 Å². The number of carbonyl (C=O) groups excluding carboxylic acids is 2. The Morgan fingerprint density at radius 1 is 1.38 bits per heavy atom. The maximum absolute atomic E-state index is 12.6. The highest BCUT2D eigenvalue weighted by atomic mass is 32.2. The molecule has 26 heavy (non-hydrogen) atoms. The van der Waals surface area contributed by atoms with Gasteiger partial charge in [-0.25, -0.2) is 13.2 Å². The van der Waals surface area contributed by atoms with Crippen LogP contribution in [-0.4, -0.2) is 60.5 Å². The van der Waals surface area contributed by atoms with Gasteiger partial charge in [-0.15, -0.1) is 0 Å². The summed E-state index contributed by atoms with van der Waals surface area (Å²) in [7, 11) is -3.13. The number of aromatic hydroxyl groups is 1. The average Bonchev–Trinajstić information content (AvgIpc) is 2.92. The molecule has 1 saturated heterocycles. The molecule has 0 aliphatic carbocycles. The lowest BCUT2D eigenvalue weighted by atomic mass is 10.1. The Kier molecular flexibility index (Phi) is 6.28. The van der Waals surface area contributed by atoms with Crippen LogP contribution >= 0.6 is 0 Å². The Balaban J connectivity index is 2.06. The molecule has 1 N–H and O–H groups in total. The van der Waals surface area contributed by atoms with Crippen LogP contribution in [0, 0.1) is 6.92 Å². The maximum Gasteiger partial charge on any atom is 0.342 e. The highest BCUT2D eigenvalue weighted by molar-refractivity contribution is 7.91. The lowest BCUT2D eigenvalue weighted by molar-refractivity contribution is -0.138. The molecule has 0 aromatic heterocycles. The maximum atomic E-state index is 12.6. The summed E-state index contributed by atoms with van der Waals surface area (Å²) in [5.74, 6) is -1.42. The van der Waals surface area contributed by atoms with E-state index in [4.69, 9.17) is 4.74 Å². The smallest absolute Gasteiger partial charge is 0.342 e. The number of hydrogen-bond donors (Lipinski definition) is 1. The van der Waals surface area contributed by atoms with Crippen LogP contribution in [0.1, 0.15) is 42.6 Å². The summed E-state index contributed by atoms with van der Waals surface area (Å²) >= 11 is 0. The number of sulfone groups is 1. The Morgan fingerprint density at radius 3 is 2.62 bits per heavy atom. The predicted octanol–water partition coefficient (Wildman–Crippen LogP) is 1.67. The minimum atomic E-state index is -3.13. The van der Waals surface area contributed by atoms with E-state index < -0.39 is 34.4 Å². The van der Waals surface area contributed by atoms with E-state index in [0.29, 0.717) is 12.8 Å². The molecule has 1 heterocycles. The Bertz CT molecular complexity index is 789. The standard InChI is InChI=1S/C18H25NO6S/c1-4-13(3)19(14-7-8-26(23,24)11-14)17(21)10-25-18(22)15-6-5-12(2)9-16(15)20/h5-6,9,13-14,20H,4,7-8,10-11H2,1-3H3/t13-,14+/m0/s1. The third-order valence-corrected chi connectivity index (χ3v) is 6.41. The van der Waals surface area contributed by atoms with E-state index in [0.717, 1.165) is 5.56 Å². The zero-order valence-electron chi connectivity index (χ0n) is 15.3. The number of rotatable bonds is 6. The van der Waals surface area contributed by atoms with Crippen LogP contribution in [0.4, 0.5) is 0 Å². The van der Waals surface area contributed by atoms with E-state index in [2.05, 4.69) is 0 Å². The molecule has 8 heteroatoms. The van der Waals surface area contributed by atoms with Gasteiger partial charge in [0.15, 0.2) is 16.4 Å². The van der Waals surface area contributed by atoms with Crippen molar-refractivity contribution in [3.63, 3.8) is 0 Å². The first-order valence-electron chi connectivity index (χ1n) is 8.63. The summed E-state index contributed by atoms with van der Waals surface area (Å²) in [6.45, 7) is 5.03. The summed E-state index contributed by atoms with van der Waals surface area (Å²) in [4.78, 5) is 26.2. The number of hydrogen-bond acceptors (Lipinski definition) is 6. The quantitative estimate of drug-likeness (QED) is 0.750. The van der Waals surface area contributed by atoms with Crippen molar-refractivity contribution >= 4 is 21.7 Å². The highest BCUT2D eigenvalue weighted by Gasteiger charge is 2.36. The van der Waals surface area contributed by atoms with Crippen molar-refractivity contribution in [2.45, 2.75) is 45.7 Å². The molecule has 0 saturated carbocycles. The molecule has 0 spiro atoms. The molecule has 0 bridgehead atoms. The summed E-state index contributed by atoms with van der Waals surface area (Å²) in [5, 5.41) is 9.83. The van der Waals surface area contributed by atoms with Crippen molar-refractivity contribution < 1.29 is 27.9 Å². The van der Waals surface area contributed by atoms with Gasteiger partial charge in [0.25, 0.3) is 5.91 Å². The van der Waals surface area contributed by atoms with Crippen molar-refractivity contribution in [3.8, 4) is 5.75 Å². The van der Waals surface area contributed by atoms with Gasteiger partial charge in [-0.2, -0.15) is 0 Å². The summed E-state index contributed by atoms with van der Waals surface area (Å²) in [6.07, 6.45) is 1.06. The summed E-state index contributed by atoms with van der Waals surface area (Å²) < 4.78 is 28.5. The van der Waals surface area contributed by atoms with E-state index in [-0.39, 0.29) is 28.9 Å². The van der Waals surface area contributed by atoms with Crippen LogP contribution in [-0.2, 0) is 19.4 Å². The fourth-order valence-corrected chi connectivity index (χ4v) is 4.81. The Labute approximate surface area is 153 Å². The largest absolute Gasteiger partial charge is 0.507 e. The van der Waals surface area contributed by atoms with E-state index in [9.17, 15) is 23.1 Å². The first-order valence-corrected chi connectivity index (χ1v) is 10.4. The van der Waals surface area contributed by atoms with Crippen LogP contribution in [0.15, 0.2) is 18.2 Å². The molecule has 2 atom stereocenters. The molecule has 1 aliphatic rings. The highest BCUT2D eigenvalue weighted by Crippen LogP contribution is 2.22. The van der Waals surface area contributed by atoms with Crippen LogP contribution in [0.25, 0.3) is 0 Å². The van der Waals surface area contributed by atoms with Gasteiger partial charge < -0.3 is 14.7 Å². The Morgan fingerprint density at radius 2 is 2.08 bits per heavy atom. The average molecular weight is 383 g/mol. The monoisotopic (exact) mass is 383 g/mol. The lowest BCUT2D eigenvalue weighted by Gasteiger charge is -2.33. The SMILES string of the molecule is CC[C@H](C)N(C(=O)COC(=O)c1ccc(C)cc1O)[C@@H]1CCS(=O)(=O)C1. The Hall–Kier alpha value is -2.09. The molecule has 144 valence electrons. The first-order chi connectivity index (χ1) is 12.1. The number of benzene rings is 1. The molecule has 1 aromatic rings. The van der Waals surface area contributed by atoms with Crippen molar-refractivity contribution in [3.05, 3.63) is 29.3 Å². The number of phenolic OH excluding ortho intramolecular Hbond substituents is 1. The topological polar surface area (TPSA) is 101 Å². The van der Waals surface area contributed by atoms with Crippen LogP contribution in [0.3, 0.4) is 0 Å². The fraction of sp³-hybridized carbons (Fsp3) is 0.556. The second-order valence-electron chi connectivity index (χ2n) is 6.71. The predicted molar refractivity (Wildman–Crippen MR) is 96.8 cm³/mol. The van der Waals surface area contributed by atoms with Gasteiger partial charge in [-0.1, -0.05) is 13.0 Å². The van der Waals surface area contributed by atoms with E-state index >= 15 is 0 Å². The molecule has 1 fully saturated rings. The van der Waals surface area contributed by atoms with Crippen LogP contribution < -0.4 is 0 Å². The van der Waals surface area contributed by atoms with Gasteiger partial charge in [-0.3, -0.25) is 4.79 Å². The fourth-order valence-electron chi connectivity index (χ4n) is 3.09. The van der Waals surface area contributed by atoms with Gasteiger partial charge in [-0.05, 0) is 44.4 Å². The number of ether oxygens (including phenoxy) is 1. The lowest BCUT2D eigenvalue weighted by Crippen LogP contribution is -2.48. The van der Waals surface area contributed by atoms with Gasteiger partial charge in [0.1, 0.15) is 11.3 Å². The van der Waals surface area contributed by atoms with Crippen molar-refractivity contribution in [1.82, 2.24) is 4.90 Å². The second kappa shape index (κ2) is 8.07. The number of amides is 1. The molecule has 0 unspecified atom stereocenters. The summed E-state index contributed by atoms with van der Waals surface area (Å²) in [5.41, 5.74) is 0.780. The molecule has 1 amide bonds. The molecule has 1 aliphatic heterocycles. The minimum absolute atomic E-state index is 0.0121. The first kappa shape index (κ1) is 20.2. The number of carbonyl (C=O) groups is 2. The second-order valence-corrected chi connectivity index (χ2v) is 8.94. The van der Waals surface area contributed by atoms with Gasteiger partial charge in [0.05, 0.1) is 11.5 Å². The number of phenols is 1. The number of esters is 1. The van der Waals surface area contributed by atoms with Crippen molar-refractivity contribution in [2.75, 3.05) is 18.1 Å². The molecular weight excluding hydrogens is 358 g/mol. The van der Waals surface area contributed by atoms with Gasteiger partial charge >= 0.3 is 5.97 Å². The van der Waals surface area contributed by atoms with Crippen molar-refractivity contribution in [2.24, 2.45) is 0 Å². The third-order valence-electron chi connectivity index (χ3n) is 4.66. The third kappa shape index (κ3) is 4.75. The van der Waals surface area contributed by atoms with Gasteiger partial charge in [0.2, 0.25) is 0 Å². The number of aryl methyl sites for hydroxylation is 1. The van der Waals surface area contributed by atoms with E-state index in [1.54, 1.807) is 13.0 Å². The van der Waals surface area contributed by atoms with Crippen LogP contribution in [0.5, 0.6) is 5.75 Å². The van der Waals surface area contributed by atoms with Crippen molar-refractivity contribution in [1.29, 1.82) is 0 Å². The van der Waals surface area contributed by atoms with Gasteiger partial charge in [0, 0.05) is 12.1 Å². The molecule has 1 aromatic carbocycles. The van der Waals surface area contributed by atoms with Crippen LogP contribution in [0.2, 0.25) is 0 Å². The molecule has 7 nitrogen and oxygen atoms in total. The summed E-state index contributed by atoms with van der Waals surface area (Å²) in [6, 6.07) is 3.98. The molecule has 0 radical (unpaired) electrons. The normalized spacial score (nSPS) is 19.7. The zero-order chi connectivity index (χ0) is 19.5. The number of nitrogens with zero attached hydrogens (tertiary/aromatic N) is 1. The minimum Gasteiger partial charge on any atom is -0.507 e. The molecule has 2 rings (SSSR count). The molecular formula is C18H25NO6S. The van der Waals surface area contributed by atoms with E-state index in [1.165, 1.54) is 17.0 Å².